The molecule has 0 aromatic heterocycles. The number of carbonyl (C=O) groups excluding carboxylic acids is 1. The van der Waals surface area contributed by atoms with Crippen LogP contribution in [0.15, 0.2) is 0 Å². The Morgan fingerprint density at radius 3 is 2.88 bits per heavy atom. The second kappa shape index (κ2) is 10.8. The summed E-state index contributed by atoms with van der Waals surface area (Å²) in [5.41, 5.74) is 0. The van der Waals surface area contributed by atoms with Crippen molar-refractivity contribution >= 4 is 18.3 Å². The van der Waals surface area contributed by atoms with Crippen LogP contribution in [-0.4, -0.2) is 52.5 Å². The van der Waals surface area contributed by atoms with Gasteiger partial charge in [0.1, 0.15) is 0 Å². The van der Waals surface area contributed by atoms with Gasteiger partial charge in [-0.2, -0.15) is 0 Å². The van der Waals surface area contributed by atoms with Crippen LogP contribution in [0.4, 0.5) is 0 Å². The van der Waals surface area contributed by atoms with E-state index < -0.39 is 0 Å². The van der Waals surface area contributed by atoms with E-state index in [9.17, 15) is 4.79 Å². The molecular formula is C11H23ClN2O3. The van der Waals surface area contributed by atoms with Crippen molar-refractivity contribution < 1.29 is 14.3 Å². The van der Waals surface area contributed by atoms with E-state index in [0.717, 1.165) is 32.7 Å². The zero-order valence-corrected chi connectivity index (χ0v) is 11.2. The monoisotopic (exact) mass is 266 g/mol. The minimum atomic E-state index is 0. The van der Waals surface area contributed by atoms with E-state index in [-0.39, 0.29) is 18.3 Å². The summed E-state index contributed by atoms with van der Waals surface area (Å²) in [7, 11) is 1.67. The second-order valence-electron chi connectivity index (χ2n) is 4.03. The molecule has 1 rings (SSSR count). The Labute approximate surface area is 109 Å². The fraction of sp³-hybridized carbons (Fsp3) is 0.909. The van der Waals surface area contributed by atoms with Crippen molar-refractivity contribution in [2.75, 3.05) is 46.6 Å². The Hall–Kier alpha value is -0.360. The summed E-state index contributed by atoms with van der Waals surface area (Å²) in [4.78, 5) is 11.5. The van der Waals surface area contributed by atoms with E-state index in [1.54, 1.807) is 7.11 Å². The number of rotatable bonds is 8. The van der Waals surface area contributed by atoms with Gasteiger partial charge in [-0.05, 0) is 12.3 Å². The Bertz CT molecular complexity index is 199. The van der Waals surface area contributed by atoms with Crippen LogP contribution in [-0.2, 0) is 14.3 Å². The van der Waals surface area contributed by atoms with Gasteiger partial charge >= 0.3 is 0 Å². The summed E-state index contributed by atoms with van der Waals surface area (Å²) in [6.45, 7) is 4.53. The molecule has 1 aliphatic rings. The predicted octanol–water partition coefficient (Wildman–Crippen LogP) is 0.187. The minimum Gasteiger partial charge on any atom is -0.383 e. The van der Waals surface area contributed by atoms with Crippen LogP contribution in [0.2, 0.25) is 0 Å². The highest BCUT2D eigenvalue weighted by molar-refractivity contribution is 5.85. The van der Waals surface area contributed by atoms with Crippen molar-refractivity contribution in [2.45, 2.75) is 12.8 Å². The highest BCUT2D eigenvalue weighted by Gasteiger charge is 2.18. The molecular weight excluding hydrogens is 244 g/mol. The van der Waals surface area contributed by atoms with E-state index in [1.165, 1.54) is 0 Å². The van der Waals surface area contributed by atoms with Gasteiger partial charge < -0.3 is 20.1 Å². The standard InChI is InChI=1S/C11H22N2O3.ClH/c1-15-7-5-12-3-4-13-11(14)8-10-2-6-16-9-10;/h10,12H,2-9H2,1H3,(H,13,14);1H. The molecule has 0 bridgehead atoms. The molecule has 1 atom stereocenters. The molecule has 1 aliphatic heterocycles. The van der Waals surface area contributed by atoms with Crippen molar-refractivity contribution in [1.29, 1.82) is 0 Å². The molecule has 0 aliphatic carbocycles. The Balaban J connectivity index is 0.00000256. The first-order valence-corrected chi connectivity index (χ1v) is 5.87. The molecule has 2 N–H and O–H groups in total. The third-order valence-corrected chi connectivity index (χ3v) is 2.60. The summed E-state index contributed by atoms with van der Waals surface area (Å²) in [6.07, 6.45) is 1.61. The van der Waals surface area contributed by atoms with Gasteiger partial charge in [-0.1, -0.05) is 0 Å². The maximum absolute atomic E-state index is 11.5. The number of hydrogen-bond donors (Lipinski definition) is 2. The fourth-order valence-electron chi connectivity index (χ4n) is 1.67. The van der Waals surface area contributed by atoms with Gasteiger partial charge in [-0.25, -0.2) is 0 Å². The van der Waals surface area contributed by atoms with Gasteiger partial charge in [-0.3, -0.25) is 4.79 Å². The van der Waals surface area contributed by atoms with Gasteiger partial charge in [0, 0.05) is 46.4 Å². The summed E-state index contributed by atoms with van der Waals surface area (Å²) < 4.78 is 10.1. The van der Waals surface area contributed by atoms with Crippen LogP contribution in [0.1, 0.15) is 12.8 Å². The predicted molar refractivity (Wildman–Crippen MR) is 68.5 cm³/mol. The first kappa shape index (κ1) is 16.6. The van der Waals surface area contributed by atoms with Crippen molar-refractivity contribution in [3.63, 3.8) is 0 Å². The van der Waals surface area contributed by atoms with Crippen LogP contribution in [0.3, 0.4) is 0 Å². The van der Waals surface area contributed by atoms with E-state index in [0.29, 0.717) is 25.5 Å². The van der Waals surface area contributed by atoms with Crippen molar-refractivity contribution in [1.82, 2.24) is 10.6 Å². The fourth-order valence-corrected chi connectivity index (χ4v) is 1.67. The highest BCUT2D eigenvalue weighted by Crippen LogP contribution is 2.15. The molecule has 6 heteroatoms. The molecule has 0 aromatic carbocycles. The second-order valence-corrected chi connectivity index (χ2v) is 4.03. The molecule has 102 valence electrons. The number of ether oxygens (including phenoxy) is 2. The maximum atomic E-state index is 11.5. The van der Waals surface area contributed by atoms with E-state index >= 15 is 0 Å². The lowest BCUT2D eigenvalue weighted by molar-refractivity contribution is -0.122. The summed E-state index contributed by atoms with van der Waals surface area (Å²) >= 11 is 0. The largest absolute Gasteiger partial charge is 0.383 e. The van der Waals surface area contributed by atoms with Gasteiger partial charge in [0.15, 0.2) is 0 Å². The van der Waals surface area contributed by atoms with E-state index in [4.69, 9.17) is 9.47 Å². The molecule has 1 heterocycles. The minimum absolute atomic E-state index is 0. The Morgan fingerprint density at radius 2 is 2.24 bits per heavy atom. The van der Waals surface area contributed by atoms with E-state index in [1.807, 2.05) is 0 Å². The van der Waals surface area contributed by atoms with Crippen LogP contribution in [0.25, 0.3) is 0 Å². The third-order valence-electron chi connectivity index (χ3n) is 2.60. The van der Waals surface area contributed by atoms with Gasteiger partial charge in [0.25, 0.3) is 0 Å². The van der Waals surface area contributed by atoms with Crippen LogP contribution in [0, 0.1) is 5.92 Å². The van der Waals surface area contributed by atoms with Crippen molar-refractivity contribution in [2.24, 2.45) is 5.92 Å². The summed E-state index contributed by atoms with van der Waals surface area (Å²) in [5.74, 6) is 0.547. The molecule has 1 amide bonds. The smallest absolute Gasteiger partial charge is 0.220 e. The molecule has 1 fully saturated rings. The molecule has 5 nitrogen and oxygen atoms in total. The Kier molecular flexibility index (Phi) is 10.5. The number of amides is 1. The highest BCUT2D eigenvalue weighted by atomic mass is 35.5. The van der Waals surface area contributed by atoms with Crippen LogP contribution < -0.4 is 10.6 Å². The molecule has 0 saturated carbocycles. The normalized spacial score (nSPS) is 18.8. The lowest BCUT2D eigenvalue weighted by Crippen LogP contribution is -2.33. The molecule has 0 spiro atoms. The van der Waals surface area contributed by atoms with Crippen LogP contribution >= 0.6 is 12.4 Å². The van der Waals surface area contributed by atoms with Crippen molar-refractivity contribution in [3.8, 4) is 0 Å². The lowest BCUT2D eigenvalue weighted by atomic mass is 10.1. The van der Waals surface area contributed by atoms with Crippen LogP contribution in [0.5, 0.6) is 0 Å². The SMILES string of the molecule is COCCNCCNC(=O)CC1CCOC1.Cl. The summed E-state index contributed by atoms with van der Waals surface area (Å²) in [6, 6.07) is 0. The number of methoxy groups -OCH3 is 1. The average molecular weight is 267 g/mol. The average Bonchev–Trinajstić information content (AvgIpc) is 2.76. The first-order valence-electron chi connectivity index (χ1n) is 5.87. The zero-order valence-electron chi connectivity index (χ0n) is 10.4. The lowest BCUT2D eigenvalue weighted by Gasteiger charge is -2.09. The maximum Gasteiger partial charge on any atom is 0.220 e. The molecule has 0 radical (unpaired) electrons. The quantitative estimate of drug-likeness (QED) is 0.616. The topological polar surface area (TPSA) is 59.6 Å². The number of hydrogen-bond acceptors (Lipinski definition) is 4. The number of nitrogens with one attached hydrogen (secondary N) is 2. The van der Waals surface area contributed by atoms with Crippen molar-refractivity contribution in [3.05, 3.63) is 0 Å². The first-order chi connectivity index (χ1) is 7.83. The summed E-state index contributed by atoms with van der Waals surface area (Å²) in [5, 5.41) is 6.06. The Morgan fingerprint density at radius 1 is 1.41 bits per heavy atom. The molecule has 0 aromatic rings. The third kappa shape index (κ3) is 8.37. The van der Waals surface area contributed by atoms with E-state index in [2.05, 4.69) is 10.6 Å². The van der Waals surface area contributed by atoms with Gasteiger partial charge in [0.2, 0.25) is 5.91 Å². The number of carbonyl (C=O) groups is 1. The molecule has 1 unspecified atom stereocenters. The molecule has 1 saturated heterocycles. The zero-order chi connectivity index (χ0) is 11.6. The van der Waals surface area contributed by atoms with Gasteiger partial charge in [-0.15, -0.1) is 12.4 Å². The molecule has 17 heavy (non-hydrogen) atoms. The number of halogens is 1. The van der Waals surface area contributed by atoms with Gasteiger partial charge in [0.05, 0.1) is 6.61 Å².